The van der Waals surface area contributed by atoms with Crippen LogP contribution in [0.5, 0.6) is 0 Å². The molecule has 10 nitrogen and oxygen atoms in total. The summed E-state index contributed by atoms with van der Waals surface area (Å²) >= 11 is 0. The largest absolute Gasteiger partial charge is 0.471 e. The first-order valence-electron chi connectivity index (χ1n) is 13.9. The van der Waals surface area contributed by atoms with E-state index in [-0.39, 0.29) is 36.3 Å². The maximum absolute atomic E-state index is 15.9. The lowest BCUT2D eigenvalue weighted by Gasteiger charge is -2.19. The van der Waals surface area contributed by atoms with Gasteiger partial charge in [0, 0.05) is 30.4 Å². The Morgan fingerprint density at radius 1 is 1.07 bits per heavy atom. The molecule has 14 heteroatoms. The molecule has 2 aromatic carbocycles. The predicted octanol–water partition coefficient (Wildman–Crippen LogP) is 5.96. The minimum absolute atomic E-state index is 0.0300. The monoisotopic (exact) mass is 620 g/mol. The zero-order valence-electron chi connectivity index (χ0n) is 24.6. The van der Waals surface area contributed by atoms with Crippen LogP contribution in [-0.2, 0) is 20.8 Å². The van der Waals surface area contributed by atoms with E-state index in [9.17, 15) is 32.3 Å². The summed E-state index contributed by atoms with van der Waals surface area (Å²) in [7, 11) is 0. The molecule has 2 atom stereocenters. The smallest absolute Gasteiger partial charge is 0.462 e. The number of pyridine rings is 1. The Labute approximate surface area is 249 Å². The van der Waals surface area contributed by atoms with Crippen molar-refractivity contribution in [3.8, 4) is 0 Å². The fraction of sp³-hybridized carbons (Fsp3) is 0.400. The minimum atomic E-state index is -5.39. The predicted molar refractivity (Wildman–Crippen MR) is 155 cm³/mol. The van der Waals surface area contributed by atoms with Crippen LogP contribution >= 0.6 is 0 Å². The number of anilines is 3. The highest BCUT2D eigenvalue weighted by molar-refractivity contribution is 6.06. The summed E-state index contributed by atoms with van der Waals surface area (Å²) in [6.45, 7) is 8.47. The standard InChI is InChI=1S/C30H32F4N4O6/c1-6-38-14-18(26(40)43-7-2)25(39)22-21(38)13-20(23(31)24(22)37-27(41)30(32,33)34)35-16-10-8-15(9-11-16)17-12-19(17)36-28(42)44-29(3,4)5/h8-11,13-14,17,19,35H,6-7,12H2,1-5H3,(H,36,42)(H,37,41)/t17-,19+/m1/s1. The van der Waals surface area contributed by atoms with Crippen molar-refractivity contribution in [1.82, 2.24) is 9.88 Å². The molecule has 3 aromatic rings. The molecule has 1 heterocycles. The van der Waals surface area contributed by atoms with Crippen molar-refractivity contribution in [2.75, 3.05) is 17.2 Å². The summed E-state index contributed by atoms with van der Waals surface area (Å²) in [4.78, 5) is 49.7. The zero-order chi connectivity index (χ0) is 32.6. The van der Waals surface area contributed by atoms with Crippen LogP contribution in [0.1, 0.15) is 62.9 Å². The highest BCUT2D eigenvalue weighted by Gasteiger charge is 2.41. The third kappa shape index (κ3) is 7.12. The van der Waals surface area contributed by atoms with Gasteiger partial charge in [0.25, 0.3) is 0 Å². The molecular weight excluding hydrogens is 588 g/mol. The van der Waals surface area contributed by atoms with Crippen LogP contribution in [0.4, 0.5) is 39.4 Å². The van der Waals surface area contributed by atoms with Gasteiger partial charge in [-0.2, -0.15) is 13.2 Å². The number of alkyl carbamates (subject to hydrolysis) is 1. The molecule has 1 aliphatic rings. The molecule has 3 N–H and O–H groups in total. The Hall–Kier alpha value is -4.62. The van der Waals surface area contributed by atoms with E-state index in [0.717, 1.165) is 5.56 Å². The number of rotatable bonds is 8. The molecule has 0 spiro atoms. The number of aryl methyl sites for hydroxylation is 1. The highest BCUT2D eigenvalue weighted by atomic mass is 19.4. The first kappa shape index (κ1) is 32.3. The number of nitrogens with one attached hydrogen (secondary N) is 3. The van der Waals surface area contributed by atoms with Gasteiger partial charge in [0.2, 0.25) is 5.43 Å². The van der Waals surface area contributed by atoms with Gasteiger partial charge in [-0.05, 0) is 64.8 Å². The number of hydrogen-bond donors (Lipinski definition) is 3. The number of amides is 2. The molecule has 0 radical (unpaired) electrons. The Morgan fingerprint density at radius 3 is 2.30 bits per heavy atom. The van der Waals surface area contributed by atoms with Crippen molar-refractivity contribution in [2.24, 2.45) is 0 Å². The van der Waals surface area contributed by atoms with Gasteiger partial charge < -0.3 is 30.0 Å². The topological polar surface area (TPSA) is 128 Å². The number of benzene rings is 2. The van der Waals surface area contributed by atoms with Gasteiger partial charge >= 0.3 is 24.1 Å². The number of esters is 1. The van der Waals surface area contributed by atoms with Crippen LogP contribution < -0.4 is 21.4 Å². The van der Waals surface area contributed by atoms with Crippen LogP contribution in [0.25, 0.3) is 10.9 Å². The normalized spacial score (nSPS) is 16.3. The number of carbonyl (C=O) groups excluding carboxylic acids is 3. The number of aromatic nitrogens is 1. The molecule has 2 amide bonds. The first-order chi connectivity index (χ1) is 20.5. The number of hydrogen-bond acceptors (Lipinski definition) is 7. The average Bonchev–Trinajstić information content (AvgIpc) is 3.68. The summed E-state index contributed by atoms with van der Waals surface area (Å²) in [6, 6.07) is 7.83. The fourth-order valence-corrected chi connectivity index (χ4v) is 4.68. The average molecular weight is 621 g/mol. The molecule has 1 aromatic heterocycles. The number of nitrogens with zero attached hydrogens (tertiary/aromatic N) is 1. The van der Waals surface area contributed by atoms with Crippen molar-refractivity contribution in [1.29, 1.82) is 0 Å². The van der Waals surface area contributed by atoms with E-state index in [1.807, 2.05) is 0 Å². The second-order valence-corrected chi connectivity index (χ2v) is 11.2. The van der Waals surface area contributed by atoms with Crippen LogP contribution in [0.2, 0.25) is 0 Å². The van der Waals surface area contributed by atoms with E-state index < -0.39 is 57.6 Å². The number of carbonyl (C=O) groups is 3. The molecule has 1 fully saturated rings. The van der Waals surface area contributed by atoms with E-state index in [0.29, 0.717) is 12.1 Å². The van der Waals surface area contributed by atoms with Crippen LogP contribution in [-0.4, -0.2) is 47.0 Å². The van der Waals surface area contributed by atoms with Crippen molar-refractivity contribution >= 4 is 45.9 Å². The van der Waals surface area contributed by atoms with Gasteiger partial charge in [0.05, 0.1) is 28.9 Å². The van der Waals surface area contributed by atoms with E-state index in [1.54, 1.807) is 52.0 Å². The lowest BCUT2D eigenvalue weighted by Crippen LogP contribution is -2.34. The third-order valence-electron chi connectivity index (χ3n) is 6.75. The maximum Gasteiger partial charge on any atom is 0.471 e. The van der Waals surface area contributed by atoms with Crippen LogP contribution in [0.15, 0.2) is 41.3 Å². The first-order valence-corrected chi connectivity index (χ1v) is 13.9. The van der Waals surface area contributed by atoms with Gasteiger partial charge in [-0.25, -0.2) is 14.0 Å². The van der Waals surface area contributed by atoms with Crippen molar-refractivity contribution in [3.05, 3.63) is 63.7 Å². The van der Waals surface area contributed by atoms with E-state index in [1.165, 1.54) is 29.1 Å². The number of alkyl halides is 3. The van der Waals surface area contributed by atoms with Gasteiger partial charge in [0.15, 0.2) is 5.82 Å². The Bertz CT molecular complexity index is 1660. The minimum Gasteiger partial charge on any atom is -0.462 e. The summed E-state index contributed by atoms with van der Waals surface area (Å²) < 4.78 is 67.0. The zero-order valence-corrected chi connectivity index (χ0v) is 24.6. The van der Waals surface area contributed by atoms with Crippen molar-refractivity contribution in [2.45, 2.75) is 71.3 Å². The van der Waals surface area contributed by atoms with Crippen molar-refractivity contribution < 1.29 is 41.4 Å². The van der Waals surface area contributed by atoms with E-state index in [4.69, 9.17) is 9.47 Å². The van der Waals surface area contributed by atoms with Crippen LogP contribution in [0, 0.1) is 5.82 Å². The fourth-order valence-electron chi connectivity index (χ4n) is 4.68. The number of halogens is 4. The van der Waals surface area contributed by atoms with Crippen LogP contribution in [0.3, 0.4) is 0 Å². The van der Waals surface area contributed by atoms with Gasteiger partial charge in [-0.15, -0.1) is 0 Å². The van der Waals surface area contributed by atoms with E-state index >= 15 is 4.39 Å². The molecule has 1 aliphatic carbocycles. The molecule has 0 saturated heterocycles. The third-order valence-corrected chi connectivity index (χ3v) is 6.75. The SMILES string of the molecule is CCOC(=O)c1cn(CC)c2cc(Nc3ccc([C@H]4C[C@@H]4NC(=O)OC(C)(C)C)cc3)c(F)c(NC(=O)C(F)(F)F)c2c1=O. The molecule has 4 rings (SSSR count). The second-order valence-electron chi connectivity index (χ2n) is 11.2. The van der Waals surface area contributed by atoms with Gasteiger partial charge in [-0.3, -0.25) is 9.59 Å². The Kier molecular flexibility index (Phi) is 8.93. The lowest BCUT2D eigenvalue weighted by molar-refractivity contribution is -0.167. The molecule has 0 unspecified atom stereocenters. The van der Waals surface area contributed by atoms with Crippen molar-refractivity contribution in [3.63, 3.8) is 0 Å². The summed E-state index contributed by atoms with van der Waals surface area (Å²) in [5.41, 5.74) is -2.42. The van der Waals surface area contributed by atoms with Gasteiger partial charge in [-0.1, -0.05) is 12.1 Å². The summed E-state index contributed by atoms with van der Waals surface area (Å²) in [6.07, 6.45) is -4.05. The molecular formula is C30H32F4N4O6. The molecule has 0 aliphatic heterocycles. The molecule has 236 valence electrons. The molecule has 1 saturated carbocycles. The quantitative estimate of drug-likeness (QED) is 0.209. The lowest BCUT2D eigenvalue weighted by atomic mass is 10.1. The molecule has 0 bridgehead atoms. The van der Waals surface area contributed by atoms with Gasteiger partial charge in [0.1, 0.15) is 11.2 Å². The second kappa shape index (κ2) is 12.2. The molecule has 44 heavy (non-hydrogen) atoms. The number of ether oxygens (including phenoxy) is 2. The summed E-state index contributed by atoms with van der Waals surface area (Å²) in [5, 5.41) is 6.47. The Morgan fingerprint density at radius 2 is 1.73 bits per heavy atom. The summed E-state index contributed by atoms with van der Waals surface area (Å²) in [5.74, 6) is -4.85. The number of fused-ring (bicyclic) bond motifs is 1. The Balaban J connectivity index is 1.69. The van der Waals surface area contributed by atoms with E-state index in [2.05, 4.69) is 10.6 Å². The highest BCUT2D eigenvalue weighted by Crippen LogP contribution is 2.41. The maximum atomic E-state index is 15.9.